The van der Waals surface area contributed by atoms with Gasteiger partial charge >= 0.3 is 0 Å². The van der Waals surface area contributed by atoms with E-state index in [1.54, 1.807) is 0 Å². The van der Waals surface area contributed by atoms with Crippen molar-refractivity contribution >= 4 is 11.8 Å². The van der Waals surface area contributed by atoms with Crippen LogP contribution in [0, 0.1) is 5.92 Å². The third-order valence-electron chi connectivity index (χ3n) is 7.53. The van der Waals surface area contributed by atoms with Crippen LogP contribution in [-0.2, 0) is 11.8 Å². The molecule has 142 valence electrons. The molecule has 5 nitrogen and oxygen atoms in total. The van der Waals surface area contributed by atoms with Crippen molar-refractivity contribution in [2.24, 2.45) is 5.92 Å². The van der Waals surface area contributed by atoms with Gasteiger partial charge in [-0.1, -0.05) is 12.8 Å². The molecule has 2 N–H and O–H groups in total. The summed E-state index contributed by atoms with van der Waals surface area (Å²) in [4.78, 5) is 14.7. The highest BCUT2D eigenvalue weighted by molar-refractivity contribution is 5.55. The highest BCUT2D eigenvalue weighted by atomic mass is 15.2. The molecule has 0 bridgehead atoms. The number of hydrogen-bond acceptors (Lipinski definition) is 5. The Balaban J connectivity index is 1.37. The van der Waals surface area contributed by atoms with Gasteiger partial charge in [0.05, 0.1) is 5.69 Å². The molecule has 5 heteroatoms. The second-order valence-electron chi connectivity index (χ2n) is 9.16. The van der Waals surface area contributed by atoms with Gasteiger partial charge in [0.25, 0.3) is 0 Å². The minimum absolute atomic E-state index is 0.315. The van der Waals surface area contributed by atoms with E-state index in [-0.39, 0.29) is 0 Å². The van der Waals surface area contributed by atoms with Crippen molar-refractivity contribution in [1.82, 2.24) is 14.9 Å². The van der Waals surface area contributed by atoms with E-state index in [1.807, 2.05) is 0 Å². The molecule has 0 aromatic carbocycles. The lowest BCUT2D eigenvalue weighted by Gasteiger charge is -2.40. The van der Waals surface area contributed by atoms with E-state index < -0.39 is 0 Å². The molecule has 1 saturated carbocycles. The number of aromatic nitrogens is 2. The van der Waals surface area contributed by atoms with Crippen molar-refractivity contribution in [1.29, 1.82) is 0 Å². The van der Waals surface area contributed by atoms with Crippen molar-refractivity contribution < 1.29 is 0 Å². The van der Waals surface area contributed by atoms with Gasteiger partial charge in [-0.25, -0.2) is 4.98 Å². The number of rotatable bonds is 3. The fourth-order valence-corrected chi connectivity index (χ4v) is 5.94. The molecule has 0 radical (unpaired) electrons. The molecule has 2 saturated heterocycles. The molecule has 26 heavy (non-hydrogen) atoms. The van der Waals surface area contributed by atoms with Crippen LogP contribution in [0.15, 0.2) is 0 Å². The van der Waals surface area contributed by atoms with Crippen molar-refractivity contribution in [2.75, 3.05) is 43.4 Å². The van der Waals surface area contributed by atoms with Gasteiger partial charge in [-0.05, 0) is 70.4 Å². The van der Waals surface area contributed by atoms with Gasteiger partial charge < -0.3 is 15.5 Å². The van der Waals surface area contributed by atoms with Crippen LogP contribution in [0.3, 0.4) is 0 Å². The molecular formula is C21H33N5. The van der Waals surface area contributed by atoms with Gasteiger partial charge in [0, 0.05) is 30.6 Å². The number of nitrogens with zero attached hydrogens (tertiary/aromatic N) is 4. The molecule has 3 heterocycles. The van der Waals surface area contributed by atoms with E-state index in [9.17, 15) is 0 Å². The second-order valence-corrected chi connectivity index (χ2v) is 9.16. The average molecular weight is 356 g/mol. The van der Waals surface area contributed by atoms with Crippen LogP contribution in [0.1, 0.15) is 69.0 Å². The molecule has 0 amide bonds. The first-order chi connectivity index (χ1) is 12.7. The highest BCUT2D eigenvalue weighted by Gasteiger charge is 2.42. The number of piperidine rings is 1. The molecule has 2 aliphatic carbocycles. The number of hydrogen-bond donors (Lipinski definition) is 1. The Morgan fingerprint density at radius 3 is 2.35 bits per heavy atom. The lowest BCUT2D eigenvalue weighted by molar-refractivity contribution is 0.141. The summed E-state index contributed by atoms with van der Waals surface area (Å²) in [5, 5.41) is 0. The zero-order chi connectivity index (χ0) is 17.6. The maximum atomic E-state index is 6.20. The van der Waals surface area contributed by atoms with Gasteiger partial charge in [-0.2, -0.15) is 4.98 Å². The number of anilines is 2. The average Bonchev–Trinajstić information content (AvgIpc) is 3.08. The largest absolute Gasteiger partial charge is 0.368 e. The predicted molar refractivity (Wildman–Crippen MR) is 106 cm³/mol. The maximum Gasteiger partial charge on any atom is 0.222 e. The highest BCUT2D eigenvalue weighted by Crippen LogP contribution is 2.49. The SMILES string of the molecule is Nc1nc(N2CCC(CN3CCC3)CC2)c2c(n1)C1(CCCC1)CCC2. The van der Waals surface area contributed by atoms with Crippen LogP contribution >= 0.6 is 0 Å². The molecule has 5 rings (SSSR count). The lowest BCUT2D eigenvalue weighted by Crippen LogP contribution is -2.44. The Morgan fingerprint density at radius 2 is 1.65 bits per heavy atom. The zero-order valence-corrected chi connectivity index (χ0v) is 16.1. The molecule has 4 aliphatic rings. The Kier molecular flexibility index (Phi) is 4.30. The Bertz CT molecular complexity index is 655. The first-order valence-corrected chi connectivity index (χ1v) is 10.9. The minimum atomic E-state index is 0.315. The summed E-state index contributed by atoms with van der Waals surface area (Å²) in [6, 6.07) is 0. The van der Waals surface area contributed by atoms with E-state index in [2.05, 4.69) is 9.80 Å². The molecule has 1 aromatic rings. The second kappa shape index (κ2) is 6.66. The minimum Gasteiger partial charge on any atom is -0.368 e. The van der Waals surface area contributed by atoms with Crippen LogP contribution in [0.2, 0.25) is 0 Å². The van der Waals surface area contributed by atoms with E-state index >= 15 is 0 Å². The Morgan fingerprint density at radius 1 is 0.923 bits per heavy atom. The summed E-state index contributed by atoms with van der Waals surface area (Å²) < 4.78 is 0. The first-order valence-electron chi connectivity index (χ1n) is 10.9. The summed E-state index contributed by atoms with van der Waals surface area (Å²) in [7, 11) is 0. The Hall–Kier alpha value is -1.36. The molecule has 2 aliphatic heterocycles. The molecule has 3 fully saturated rings. The van der Waals surface area contributed by atoms with Crippen molar-refractivity contribution in [3.63, 3.8) is 0 Å². The van der Waals surface area contributed by atoms with Crippen LogP contribution in [0.25, 0.3) is 0 Å². The molecule has 0 unspecified atom stereocenters. The van der Waals surface area contributed by atoms with Gasteiger partial charge in [0.15, 0.2) is 0 Å². The summed E-state index contributed by atoms with van der Waals surface area (Å²) in [6.07, 6.45) is 13.0. The third kappa shape index (κ3) is 2.88. The van der Waals surface area contributed by atoms with E-state index in [1.165, 1.54) is 94.5 Å². The number of nitrogens with two attached hydrogens (primary N) is 1. The van der Waals surface area contributed by atoms with Crippen LogP contribution in [0.4, 0.5) is 11.8 Å². The predicted octanol–water partition coefficient (Wildman–Crippen LogP) is 3.13. The summed E-state index contributed by atoms with van der Waals surface area (Å²) in [5.41, 5.74) is 9.28. The summed E-state index contributed by atoms with van der Waals surface area (Å²) in [6.45, 7) is 6.21. The number of nitrogen functional groups attached to an aromatic ring is 1. The lowest BCUT2D eigenvalue weighted by atomic mass is 9.71. The monoisotopic (exact) mass is 355 g/mol. The van der Waals surface area contributed by atoms with Crippen LogP contribution in [0.5, 0.6) is 0 Å². The topological polar surface area (TPSA) is 58.3 Å². The van der Waals surface area contributed by atoms with E-state index in [0.717, 1.165) is 25.4 Å². The van der Waals surface area contributed by atoms with Gasteiger partial charge in [-0.3, -0.25) is 0 Å². The standard InChI is InChI=1S/C21H33N5/c22-20-23-18-17(5-3-10-21(18)8-1-2-9-21)19(24-20)26-13-6-16(7-14-26)15-25-11-4-12-25/h16H,1-15H2,(H2,22,23,24). The smallest absolute Gasteiger partial charge is 0.222 e. The molecular weight excluding hydrogens is 322 g/mol. The fourth-order valence-electron chi connectivity index (χ4n) is 5.94. The van der Waals surface area contributed by atoms with Crippen LogP contribution in [-0.4, -0.2) is 47.6 Å². The molecule has 0 atom stereocenters. The van der Waals surface area contributed by atoms with Crippen molar-refractivity contribution in [3.05, 3.63) is 11.3 Å². The quantitative estimate of drug-likeness (QED) is 0.903. The molecule has 1 spiro atoms. The van der Waals surface area contributed by atoms with Gasteiger partial charge in [0.1, 0.15) is 5.82 Å². The maximum absolute atomic E-state index is 6.20. The molecule has 1 aromatic heterocycles. The first kappa shape index (κ1) is 16.8. The van der Waals surface area contributed by atoms with Crippen LogP contribution < -0.4 is 10.6 Å². The third-order valence-corrected chi connectivity index (χ3v) is 7.53. The number of likely N-dealkylation sites (tertiary alicyclic amines) is 1. The van der Waals surface area contributed by atoms with E-state index in [0.29, 0.717) is 11.4 Å². The summed E-state index contributed by atoms with van der Waals surface area (Å²) >= 11 is 0. The Labute approximate surface area is 157 Å². The van der Waals surface area contributed by atoms with Gasteiger partial charge in [0.2, 0.25) is 5.95 Å². The normalized spacial score (nSPS) is 26.1. The summed E-state index contributed by atoms with van der Waals surface area (Å²) in [5.74, 6) is 2.54. The fraction of sp³-hybridized carbons (Fsp3) is 0.810. The zero-order valence-electron chi connectivity index (χ0n) is 16.1. The van der Waals surface area contributed by atoms with E-state index in [4.69, 9.17) is 15.7 Å². The van der Waals surface area contributed by atoms with Crippen molar-refractivity contribution in [2.45, 2.75) is 69.6 Å². The van der Waals surface area contributed by atoms with Gasteiger partial charge in [-0.15, -0.1) is 0 Å². The number of fused-ring (bicyclic) bond motifs is 2. The van der Waals surface area contributed by atoms with Crippen molar-refractivity contribution in [3.8, 4) is 0 Å².